The molecule has 0 aliphatic heterocycles. The molecule has 0 saturated heterocycles. The fourth-order valence-electron chi connectivity index (χ4n) is 3.67. The molecular weight excluding hydrogens is 391 g/mol. The van der Waals surface area contributed by atoms with Crippen LogP contribution in [0.1, 0.15) is 43.7 Å². The highest BCUT2D eigenvalue weighted by Gasteiger charge is 2.28. The lowest BCUT2D eigenvalue weighted by Gasteiger charge is -2.30. The highest BCUT2D eigenvalue weighted by molar-refractivity contribution is 6.30. The molecule has 1 aliphatic rings. The van der Waals surface area contributed by atoms with Gasteiger partial charge in [0.15, 0.2) is 0 Å². The van der Waals surface area contributed by atoms with Crippen molar-refractivity contribution in [3.05, 3.63) is 70.5 Å². The first kappa shape index (κ1) is 21.3. The maximum absolute atomic E-state index is 14.1. The maximum Gasteiger partial charge on any atom is 0.242 e. The van der Waals surface area contributed by atoms with E-state index in [-0.39, 0.29) is 30.8 Å². The third-order valence-electron chi connectivity index (χ3n) is 5.43. The zero-order valence-corrected chi connectivity index (χ0v) is 17.3. The van der Waals surface area contributed by atoms with Crippen LogP contribution < -0.4 is 5.32 Å². The summed E-state index contributed by atoms with van der Waals surface area (Å²) in [6, 6.07) is 12.9. The van der Waals surface area contributed by atoms with Gasteiger partial charge in [0, 0.05) is 17.6 Å². The van der Waals surface area contributed by atoms with Crippen molar-refractivity contribution in [2.45, 2.75) is 57.7 Å². The average Bonchev–Trinajstić information content (AvgIpc) is 3.21. The average molecular weight is 417 g/mol. The minimum Gasteiger partial charge on any atom is -0.352 e. The highest BCUT2D eigenvalue weighted by atomic mass is 35.5. The first-order chi connectivity index (χ1) is 13.9. The third-order valence-corrected chi connectivity index (χ3v) is 5.69. The molecule has 1 fully saturated rings. The topological polar surface area (TPSA) is 49.4 Å². The lowest BCUT2D eigenvalue weighted by atomic mass is 10.1. The first-order valence-corrected chi connectivity index (χ1v) is 10.4. The fraction of sp³-hybridized carbons (Fsp3) is 0.391. The summed E-state index contributed by atoms with van der Waals surface area (Å²) in [6.45, 7) is 1.98. The highest BCUT2D eigenvalue weighted by Crippen LogP contribution is 2.19. The van der Waals surface area contributed by atoms with E-state index in [4.69, 9.17) is 11.6 Å². The molecule has 0 heterocycles. The van der Waals surface area contributed by atoms with E-state index in [0.29, 0.717) is 10.6 Å². The number of carbonyl (C=O) groups excluding carboxylic acids is 2. The molecule has 4 nitrogen and oxygen atoms in total. The summed E-state index contributed by atoms with van der Waals surface area (Å²) in [4.78, 5) is 27.4. The van der Waals surface area contributed by atoms with E-state index in [2.05, 4.69) is 5.32 Å². The van der Waals surface area contributed by atoms with Crippen molar-refractivity contribution in [1.82, 2.24) is 10.2 Å². The summed E-state index contributed by atoms with van der Waals surface area (Å²) in [5, 5.41) is 3.66. The largest absolute Gasteiger partial charge is 0.352 e. The quantitative estimate of drug-likeness (QED) is 0.722. The fourth-order valence-corrected chi connectivity index (χ4v) is 3.79. The monoisotopic (exact) mass is 416 g/mol. The molecule has 0 bridgehead atoms. The lowest BCUT2D eigenvalue weighted by Crippen LogP contribution is -2.50. The Morgan fingerprint density at radius 1 is 1.14 bits per heavy atom. The number of hydrogen-bond acceptors (Lipinski definition) is 2. The summed E-state index contributed by atoms with van der Waals surface area (Å²) in [7, 11) is 0. The molecule has 1 aliphatic carbocycles. The minimum absolute atomic E-state index is 0.0959. The van der Waals surface area contributed by atoms with Crippen LogP contribution in [0, 0.1) is 5.82 Å². The zero-order valence-electron chi connectivity index (χ0n) is 16.5. The molecule has 2 amide bonds. The number of nitrogens with zero attached hydrogens (tertiary/aromatic N) is 1. The van der Waals surface area contributed by atoms with Gasteiger partial charge in [0.1, 0.15) is 11.9 Å². The van der Waals surface area contributed by atoms with Gasteiger partial charge in [-0.1, -0.05) is 54.8 Å². The van der Waals surface area contributed by atoms with Crippen LogP contribution in [-0.2, 0) is 22.6 Å². The van der Waals surface area contributed by atoms with E-state index in [1.165, 1.54) is 11.0 Å². The van der Waals surface area contributed by atoms with Gasteiger partial charge in [0.25, 0.3) is 0 Å². The van der Waals surface area contributed by atoms with Crippen LogP contribution >= 0.6 is 11.6 Å². The summed E-state index contributed by atoms with van der Waals surface area (Å²) in [5.74, 6) is -0.887. The van der Waals surface area contributed by atoms with Crippen LogP contribution in [0.5, 0.6) is 0 Å². The van der Waals surface area contributed by atoms with Crippen molar-refractivity contribution >= 4 is 23.4 Å². The van der Waals surface area contributed by atoms with Crippen LogP contribution in [0.25, 0.3) is 0 Å². The van der Waals surface area contributed by atoms with E-state index in [1.807, 2.05) is 12.1 Å². The standard InChI is InChI=1S/C23H26ClFN2O2/c1-16(23(29)26-20-7-3-4-8-20)27(15-17-10-12-19(24)13-11-17)22(28)14-18-6-2-5-9-21(18)25/h2,5-6,9-13,16,20H,3-4,7-8,14-15H2,1H3,(H,26,29)/t16-/m0/s1. The second kappa shape index (κ2) is 9.88. The molecule has 6 heteroatoms. The maximum atomic E-state index is 14.1. The Balaban J connectivity index is 1.77. The SMILES string of the molecule is C[C@@H](C(=O)NC1CCCC1)N(Cc1ccc(Cl)cc1)C(=O)Cc1ccccc1F. The molecule has 0 unspecified atom stereocenters. The van der Waals surface area contributed by atoms with Gasteiger partial charge in [-0.3, -0.25) is 9.59 Å². The second-order valence-corrected chi connectivity index (χ2v) is 8.02. The van der Waals surface area contributed by atoms with E-state index in [0.717, 1.165) is 31.2 Å². The minimum atomic E-state index is -0.662. The number of hydrogen-bond donors (Lipinski definition) is 1. The Labute approximate surface area is 176 Å². The molecule has 1 N–H and O–H groups in total. The Bertz CT molecular complexity index is 850. The van der Waals surface area contributed by atoms with Gasteiger partial charge in [-0.25, -0.2) is 4.39 Å². The van der Waals surface area contributed by atoms with Crippen molar-refractivity contribution in [2.24, 2.45) is 0 Å². The van der Waals surface area contributed by atoms with Crippen LogP contribution in [-0.4, -0.2) is 28.8 Å². The number of rotatable bonds is 7. The van der Waals surface area contributed by atoms with Crippen molar-refractivity contribution in [1.29, 1.82) is 0 Å². The zero-order chi connectivity index (χ0) is 20.8. The van der Waals surface area contributed by atoms with Crippen LogP contribution in [0.2, 0.25) is 5.02 Å². The van der Waals surface area contributed by atoms with Gasteiger partial charge < -0.3 is 10.2 Å². The van der Waals surface area contributed by atoms with E-state index in [1.54, 1.807) is 37.3 Å². The molecule has 2 aromatic carbocycles. The Kier molecular flexibility index (Phi) is 7.26. The van der Waals surface area contributed by atoms with Gasteiger partial charge in [0.2, 0.25) is 11.8 Å². The number of benzene rings is 2. The van der Waals surface area contributed by atoms with Gasteiger partial charge >= 0.3 is 0 Å². The normalized spacial score (nSPS) is 15.1. The molecule has 1 atom stereocenters. The van der Waals surface area contributed by atoms with Gasteiger partial charge in [-0.2, -0.15) is 0 Å². The predicted molar refractivity (Wildman–Crippen MR) is 112 cm³/mol. The predicted octanol–water partition coefficient (Wildman–Crippen LogP) is 4.50. The Hall–Kier alpha value is -2.40. The summed E-state index contributed by atoms with van der Waals surface area (Å²) >= 11 is 5.96. The molecule has 0 radical (unpaired) electrons. The molecule has 0 aromatic heterocycles. The molecule has 0 spiro atoms. The van der Waals surface area contributed by atoms with Crippen LogP contribution in [0.4, 0.5) is 4.39 Å². The lowest BCUT2D eigenvalue weighted by molar-refractivity contribution is -0.140. The molecule has 2 aromatic rings. The van der Waals surface area contributed by atoms with Gasteiger partial charge in [-0.05, 0) is 49.1 Å². The first-order valence-electron chi connectivity index (χ1n) is 10.0. The number of carbonyl (C=O) groups is 2. The Morgan fingerprint density at radius 3 is 2.45 bits per heavy atom. The second-order valence-electron chi connectivity index (χ2n) is 7.58. The molecule has 3 rings (SSSR count). The molecular formula is C23H26ClFN2O2. The van der Waals surface area contributed by atoms with Gasteiger partial charge in [-0.15, -0.1) is 0 Å². The van der Waals surface area contributed by atoms with Crippen molar-refractivity contribution < 1.29 is 14.0 Å². The number of nitrogens with one attached hydrogen (secondary N) is 1. The Morgan fingerprint density at radius 2 is 1.79 bits per heavy atom. The summed E-state index contributed by atoms with van der Waals surface area (Å²) < 4.78 is 14.1. The molecule has 154 valence electrons. The van der Waals surface area contributed by atoms with Crippen molar-refractivity contribution in [2.75, 3.05) is 0 Å². The van der Waals surface area contributed by atoms with Gasteiger partial charge in [0.05, 0.1) is 6.42 Å². The number of halogens is 2. The summed E-state index contributed by atoms with van der Waals surface area (Å²) in [6.07, 6.45) is 4.07. The third kappa shape index (κ3) is 5.80. The van der Waals surface area contributed by atoms with Crippen LogP contribution in [0.15, 0.2) is 48.5 Å². The van der Waals surface area contributed by atoms with E-state index < -0.39 is 11.9 Å². The van der Waals surface area contributed by atoms with Crippen molar-refractivity contribution in [3.63, 3.8) is 0 Å². The molecule has 29 heavy (non-hydrogen) atoms. The van der Waals surface area contributed by atoms with E-state index in [9.17, 15) is 14.0 Å². The summed E-state index contributed by atoms with van der Waals surface area (Å²) in [5.41, 5.74) is 1.18. The smallest absolute Gasteiger partial charge is 0.242 e. The van der Waals surface area contributed by atoms with E-state index >= 15 is 0 Å². The van der Waals surface area contributed by atoms with Crippen LogP contribution in [0.3, 0.4) is 0 Å². The molecule has 1 saturated carbocycles. The number of amides is 2. The van der Waals surface area contributed by atoms with Crippen molar-refractivity contribution in [3.8, 4) is 0 Å².